The van der Waals surface area contributed by atoms with Crippen LogP contribution in [-0.4, -0.2) is 5.91 Å². The van der Waals surface area contributed by atoms with Crippen LogP contribution in [-0.2, 0) is 12.8 Å². The molecule has 1 aliphatic carbocycles. The summed E-state index contributed by atoms with van der Waals surface area (Å²) in [4.78, 5) is 13.9. The molecule has 0 spiro atoms. The van der Waals surface area contributed by atoms with E-state index in [2.05, 4.69) is 26.6 Å². The van der Waals surface area contributed by atoms with E-state index in [1.165, 1.54) is 23.3 Å². The Labute approximate surface area is 135 Å². The van der Waals surface area contributed by atoms with Crippen LogP contribution >= 0.6 is 27.3 Å². The van der Waals surface area contributed by atoms with Gasteiger partial charge in [-0.3, -0.25) is 4.79 Å². The fraction of sp³-hybridized carbons (Fsp3) is 0.312. The maximum absolute atomic E-state index is 12.5. The fourth-order valence-electron chi connectivity index (χ4n) is 3.10. The molecule has 1 amide bonds. The smallest absolute Gasteiger partial charge is 0.256 e. The predicted molar refractivity (Wildman–Crippen MR) is 88.9 cm³/mol. The Morgan fingerprint density at radius 3 is 2.67 bits per heavy atom. The Hall–Kier alpha value is -1.33. The van der Waals surface area contributed by atoms with Crippen LogP contribution in [0.2, 0.25) is 0 Å². The third-order valence-electron chi connectivity index (χ3n) is 4.15. The number of fused-ring (bicyclic) bond motifs is 3. The third-order valence-corrected chi connectivity index (χ3v) is 5.90. The Kier molecular flexibility index (Phi) is 3.27. The number of aryl methyl sites for hydroxylation is 1. The van der Waals surface area contributed by atoms with Crippen molar-refractivity contribution in [2.45, 2.75) is 31.8 Å². The molecular formula is C16H15BrN2OS. The summed E-state index contributed by atoms with van der Waals surface area (Å²) in [6.45, 7) is 0. The van der Waals surface area contributed by atoms with Crippen LogP contribution in [0.15, 0.2) is 28.7 Å². The number of hydrogen-bond acceptors (Lipinski definition) is 3. The lowest BCUT2D eigenvalue weighted by Crippen LogP contribution is -2.38. The first-order valence-corrected chi connectivity index (χ1v) is 8.81. The van der Waals surface area contributed by atoms with Gasteiger partial charge in [-0.05, 0) is 48.9 Å². The van der Waals surface area contributed by atoms with Crippen molar-refractivity contribution in [2.24, 2.45) is 0 Å². The topological polar surface area (TPSA) is 41.1 Å². The number of carbonyl (C=O) groups is 1. The summed E-state index contributed by atoms with van der Waals surface area (Å²) in [5, 5.41) is 7.62. The highest BCUT2D eigenvalue weighted by atomic mass is 79.9. The Balaban J connectivity index is 1.70. The first-order chi connectivity index (χ1) is 10.2. The van der Waals surface area contributed by atoms with Gasteiger partial charge in [0.25, 0.3) is 5.91 Å². The molecule has 3 nitrogen and oxygen atoms in total. The highest BCUT2D eigenvalue weighted by Crippen LogP contribution is 2.41. The van der Waals surface area contributed by atoms with Gasteiger partial charge >= 0.3 is 0 Å². The van der Waals surface area contributed by atoms with Crippen LogP contribution in [0.1, 0.15) is 45.4 Å². The van der Waals surface area contributed by atoms with Crippen LogP contribution in [0.5, 0.6) is 0 Å². The minimum Gasteiger partial charge on any atom is -0.353 e. The molecule has 0 radical (unpaired) electrons. The summed E-state index contributed by atoms with van der Waals surface area (Å²) in [5.74, 6) is 0.0658. The largest absolute Gasteiger partial charge is 0.353 e. The zero-order chi connectivity index (χ0) is 14.4. The maximum Gasteiger partial charge on any atom is 0.256 e. The predicted octanol–water partition coefficient (Wildman–Crippen LogP) is 4.24. The molecule has 21 heavy (non-hydrogen) atoms. The molecule has 0 fully saturated rings. The molecule has 2 N–H and O–H groups in total. The van der Waals surface area contributed by atoms with E-state index in [0.29, 0.717) is 0 Å². The first kappa shape index (κ1) is 13.3. The molecular weight excluding hydrogens is 348 g/mol. The number of thiophene rings is 1. The van der Waals surface area contributed by atoms with Gasteiger partial charge in [-0.2, -0.15) is 0 Å². The van der Waals surface area contributed by atoms with E-state index in [0.717, 1.165) is 33.4 Å². The van der Waals surface area contributed by atoms with E-state index in [-0.39, 0.29) is 12.1 Å². The van der Waals surface area contributed by atoms with Crippen LogP contribution in [0.3, 0.4) is 0 Å². The Bertz CT molecular complexity index is 708. The van der Waals surface area contributed by atoms with Crippen LogP contribution in [0.25, 0.3) is 0 Å². The molecule has 4 rings (SSSR count). The molecule has 1 aromatic carbocycles. The van der Waals surface area contributed by atoms with Crippen molar-refractivity contribution in [2.75, 3.05) is 5.32 Å². The number of carbonyl (C=O) groups excluding carboxylic acids is 1. The molecule has 0 bridgehead atoms. The van der Waals surface area contributed by atoms with Gasteiger partial charge in [-0.15, -0.1) is 11.3 Å². The van der Waals surface area contributed by atoms with Crippen molar-refractivity contribution in [3.05, 3.63) is 50.3 Å². The Morgan fingerprint density at radius 1 is 1.10 bits per heavy atom. The zero-order valence-electron chi connectivity index (χ0n) is 11.4. The molecule has 5 heteroatoms. The van der Waals surface area contributed by atoms with Gasteiger partial charge in [0.2, 0.25) is 0 Å². The lowest BCUT2D eigenvalue weighted by atomic mass is 9.94. The van der Waals surface area contributed by atoms with E-state index in [1.807, 2.05) is 24.3 Å². The van der Waals surface area contributed by atoms with Crippen molar-refractivity contribution in [3.8, 4) is 0 Å². The SMILES string of the molecule is O=C1N[C@@H](c2ccc(Br)cc2)Nc2sc3c(c21)CCCC3. The first-order valence-electron chi connectivity index (χ1n) is 7.20. The minimum atomic E-state index is -0.141. The van der Waals surface area contributed by atoms with Crippen molar-refractivity contribution in [1.82, 2.24) is 5.32 Å². The van der Waals surface area contributed by atoms with E-state index < -0.39 is 0 Å². The molecule has 1 atom stereocenters. The molecule has 1 aliphatic heterocycles. The number of anilines is 1. The zero-order valence-corrected chi connectivity index (χ0v) is 13.8. The molecule has 2 aliphatic rings. The third kappa shape index (κ3) is 2.28. The fourth-order valence-corrected chi connectivity index (χ4v) is 4.68. The van der Waals surface area contributed by atoms with E-state index >= 15 is 0 Å². The summed E-state index contributed by atoms with van der Waals surface area (Å²) in [6, 6.07) is 8.05. The number of benzene rings is 1. The number of halogens is 1. The quantitative estimate of drug-likeness (QED) is 0.796. The van der Waals surface area contributed by atoms with Crippen LogP contribution in [0.4, 0.5) is 5.00 Å². The summed E-state index contributed by atoms with van der Waals surface area (Å²) < 4.78 is 1.04. The molecule has 1 aromatic heterocycles. The second-order valence-corrected chi connectivity index (χ2v) is 7.54. The number of amides is 1. The van der Waals surface area contributed by atoms with Crippen molar-refractivity contribution >= 4 is 38.2 Å². The standard InChI is InChI=1S/C16H15BrN2OS/c17-10-7-5-9(6-8-10)14-18-15(20)13-11-3-1-2-4-12(11)21-16(13)19-14/h5-8,14,19H,1-4H2,(H,18,20)/t14-/m1/s1. The van der Waals surface area contributed by atoms with Gasteiger partial charge < -0.3 is 10.6 Å². The molecule has 0 saturated carbocycles. The average molecular weight is 363 g/mol. The summed E-state index contributed by atoms with van der Waals surface area (Å²) in [6.07, 6.45) is 4.45. The van der Waals surface area contributed by atoms with Gasteiger partial charge in [0.05, 0.1) is 5.56 Å². The van der Waals surface area contributed by atoms with Gasteiger partial charge in [0.1, 0.15) is 11.2 Å². The number of rotatable bonds is 1. The van der Waals surface area contributed by atoms with E-state index in [4.69, 9.17) is 0 Å². The van der Waals surface area contributed by atoms with Gasteiger partial charge in [0, 0.05) is 9.35 Å². The van der Waals surface area contributed by atoms with Gasteiger partial charge in [0.15, 0.2) is 0 Å². The molecule has 2 aromatic rings. The maximum atomic E-state index is 12.5. The number of hydrogen-bond donors (Lipinski definition) is 2. The molecule has 0 saturated heterocycles. The van der Waals surface area contributed by atoms with Gasteiger partial charge in [-0.1, -0.05) is 28.1 Å². The average Bonchev–Trinajstić information content (AvgIpc) is 2.86. The van der Waals surface area contributed by atoms with Crippen LogP contribution < -0.4 is 10.6 Å². The van der Waals surface area contributed by atoms with E-state index in [1.54, 1.807) is 11.3 Å². The van der Waals surface area contributed by atoms with Crippen molar-refractivity contribution in [3.63, 3.8) is 0 Å². The normalized spacial score (nSPS) is 20.2. The lowest BCUT2D eigenvalue weighted by Gasteiger charge is -2.26. The second-order valence-electron chi connectivity index (χ2n) is 5.52. The minimum absolute atomic E-state index is 0.0658. The highest BCUT2D eigenvalue weighted by molar-refractivity contribution is 9.10. The molecule has 2 heterocycles. The number of nitrogens with one attached hydrogen (secondary N) is 2. The lowest BCUT2D eigenvalue weighted by molar-refractivity contribution is 0.0935. The van der Waals surface area contributed by atoms with Crippen molar-refractivity contribution < 1.29 is 4.79 Å². The summed E-state index contributed by atoms with van der Waals surface area (Å²) in [7, 11) is 0. The molecule has 108 valence electrons. The molecule has 0 unspecified atom stereocenters. The van der Waals surface area contributed by atoms with E-state index in [9.17, 15) is 4.79 Å². The summed E-state index contributed by atoms with van der Waals surface area (Å²) >= 11 is 5.20. The van der Waals surface area contributed by atoms with Gasteiger partial charge in [-0.25, -0.2) is 0 Å². The summed E-state index contributed by atoms with van der Waals surface area (Å²) in [5.41, 5.74) is 3.24. The van der Waals surface area contributed by atoms with Crippen molar-refractivity contribution in [1.29, 1.82) is 0 Å². The Morgan fingerprint density at radius 2 is 1.86 bits per heavy atom. The monoisotopic (exact) mass is 362 g/mol. The highest BCUT2D eigenvalue weighted by Gasteiger charge is 2.31. The second kappa shape index (κ2) is 5.14. The van der Waals surface area contributed by atoms with Crippen LogP contribution in [0, 0.1) is 0 Å².